The fourth-order valence-electron chi connectivity index (χ4n) is 5.52. The van der Waals surface area contributed by atoms with Gasteiger partial charge in [-0.25, -0.2) is 4.98 Å². The van der Waals surface area contributed by atoms with E-state index in [-0.39, 0.29) is 6.10 Å². The van der Waals surface area contributed by atoms with E-state index in [1.54, 1.807) is 6.20 Å². The molecule has 5 rings (SSSR count). The summed E-state index contributed by atoms with van der Waals surface area (Å²) in [6, 6.07) is 6.45. The number of halogens is 2. The molecule has 2 N–H and O–H groups in total. The van der Waals surface area contributed by atoms with Crippen LogP contribution in [0.5, 0.6) is 0 Å². The summed E-state index contributed by atoms with van der Waals surface area (Å²) in [5, 5.41) is 8.33. The average Bonchev–Trinajstić information content (AvgIpc) is 2.94. The van der Waals surface area contributed by atoms with Crippen LogP contribution in [0, 0.1) is 11.8 Å². The van der Waals surface area contributed by atoms with E-state index in [0.29, 0.717) is 53.4 Å². The molecular weight excluding hydrogens is 511 g/mol. The predicted octanol–water partition coefficient (Wildman–Crippen LogP) is 5.40. The first kappa shape index (κ1) is 27.1. The number of hydrogen-bond donors (Lipinski definition) is 2. The van der Waals surface area contributed by atoms with Crippen molar-refractivity contribution in [3.8, 4) is 11.3 Å². The second-order valence-corrected chi connectivity index (χ2v) is 11.3. The van der Waals surface area contributed by atoms with Gasteiger partial charge in [0, 0.05) is 49.8 Å². The van der Waals surface area contributed by atoms with Gasteiger partial charge in [-0.1, -0.05) is 23.2 Å². The Hall–Kier alpha value is -1.48. The predicted molar refractivity (Wildman–Crippen MR) is 148 cm³/mol. The Kier molecular flexibility index (Phi) is 9.92. The van der Waals surface area contributed by atoms with Crippen molar-refractivity contribution in [1.82, 2.24) is 15.3 Å². The zero-order valence-electron chi connectivity index (χ0n) is 21.4. The van der Waals surface area contributed by atoms with E-state index in [0.717, 1.165) is 62.6 Å². The second-order valence-electron chi connectivity index (χ2n) is 10.5. The number of ether oxygens (including phenoxy) is 3. The molecule has 1 aliphatic carbocycles. The molecule has 2 aromatic heterocycles. The molecule has 1 unspecified atom stereocenters. The van der Waals surface area contributed by atoms with Gasteiger partial charge >= 0.3 is 0 Å². The molecule has 2 aromatic rings. The molecule has 2 aliphatic heterocycles. The van der Waals surface area contributed by atoms with Crippen molar-refractivity contribution in [2.45, 2.75) is 57.1 Å². The molecule has 37 heavy (non-hydrogen) atoms. The van der Waals surface area contributed by atoms with Crippen molar-refractivity contribution in [3.63, 3.8) is 0 Å². The van der Waals surface area contributed by atoms with E-state index in [1.807, 2.05) is 12.1 Å². The van der Waals surface area contributed by atoms with Gasteiger partial charge < -0.3 is 24.8 Å². The van der Waals surface area contributed by atoms with Gasteiger partial charge in [0.2, 0.25) is 0 Å². The molecule has 0 spiro atoms. The molecule has 3 aliphatic rings. The lowest BCUT2D eigenvalue weighted by Gasteiger charge is -2.31. The van der Waals surface area contributed by atoms with Gasteiger partial charge in [-0.05, 0) is 75.0 Å². The van der Waals surface area contributed by atoms with E-state index >= 15 is 0 Å². The fourth-order valence-corrected chi connectivity index (χ4v) is 5.92. The highest BCUT2D eigenvalue weighted by molar-refractivity contribution is 6.36. The lowest BCUT2D eigenvalue weighted by atomic mass is 9.83. The van der Waals surface area contributed by atoms with Gasteiger partial charge in [-0.2, -0.15) is 0 Å². The van der Waals surface area contributed by atoms with Crippen molar-refractivity contribution in [3.05, 3.63) is 40.1 Å². The number of rotatable bonds is 9. The van der Waals surface area contributed by atoms with Gasteiger partial charge in [0.1, 0.15) is 5.82 Å². The van der Waals surface area contributed by atoms with E-state index in [4.69, 9.17) is 42.4 Å². The third kappa shape index (κ3) is 7.78. The summed E-state index contributed by atoms with van der Waals surface area (Å²) in [6.07, 6.45) is 9.73. The molecule has 202 valence electrons. The molecule has 0 bridgehead atoms. The molecule has 0 aromatic carbocycles. The first-order chi connectivity index (χ1) is 18.1. The van der Waals surface area contributed by atoms with Crippen LogP contribution in [0.25, 0.3) is 11.3 Å². The summed E-state index contributed by atoms with van der Waals surface area (Å²) in [5.41, 5.74) is 2.59. The van der Waals surface area contributed by atoms with E-state index in [2.05, 4.69) is 21.7 Å². The van der Waals surface area contributed by atoms with Crippen LogP contribution in [-0.2, 0) is 20.6 Å². The van der Waals surface area contributed by atoms with E-state index < -0.39 is 0 Å². The Labute approximate surface area is 230 Å². The molecule has 4 heterocycles. The Balaban J connectivity index is 1.16. The van der Waals surface area contributed by atoms with Crippen molar-refractivity contribution < 1.29 is 14.2 Å². The molecular formula is C28H38Cl2N4O3. The minimum Gasteiger partial charge on any atom is -0.381 e. The standard InChI is InChI=1S/C28H38Cl2N4O3/c29-25-5-6-27(33-15-20-7-9-35-10-8-20)34-28(25)24-14-22(32-17-26(24)30)13-19-1-3-21(4-2-19)31-16-23-18-36-11-12-37-23/h5-6,14,17,19-21,23,31H,1-4,7-13,15-16,18H2,(H,33,34). The third-order valence-electron chi connectivity index (χ3n) is 7.79. The smallest absolute Gasteiger partial charge is 0.126 e. The van der Waals surface area contributed by atoms with Crippen LogP contribution in [0.3, 0.4) is 0 Å². The number of hydrogen-bond acceptors (Lipinski definition) is 7. The highest BCUT2D eigenvalue weighted by Crippen LogP contribution is 2.34. The first-order valence-corrected chi connectivity index (χ1v) is 14.5. The molecule has 1 atom stereocenters. The minimum absolute atomic E-state index is 0.180. The third-order valence-corrected chi connectivity index (χ3v) is 8.40. The highest BCUT2D eigenvalue weighted by Gasteiger charge is 2.24. The van der Waals surface area contributed by atoms with Crippen molar-refractivity contribution >= 4 is 29.0 Å². The Morgan fingerprint density at radius 2 is 1.70 bits per heavy atom. The highest BCUT2D eigenvalue weighted by atomic mass is 35.5. The normalized spacial score (nSPS) is 25.2. The zero-order chi connectivity index (χ0) is 25.5. The maximum atomic E-state index is 6.59. The summed E-state index contributed by atoms with van der Waals surface area (Å²) < 4.78 is 16.7. The summed E-state index contributed by atoms with van der Waals surface area (Å²) in [6.45, 7) is 5.53. The second kappa shape index (κ2) is 13.5. The molecule has 0 radical (unpaired) electrons. The SMILES string of the molecule is Clc1cnc(CC2CCC(NCC3COCCO3)CC2)cc1-c1nc(NCC2CCOCC2)ccc1Cl. The lowest BCUT2D eigenvalue weighted by molar-refractivity contribution is -0.0873. The van der Waals surface area contributed by atoms with Gasteiger partial charge in [-0.15, -0.1) is 0 Å². The van der Waals surface area contributed by atoms with Gasteiger partial charge in [0.15, 0.2) is 0 Å². The van der Waals surface area contributed by atoms with Gasteiger partial charge in [0.05, 0.1) is 41.7 Å². The van der Waals surface area contributed by atoms with Crippen LogP contribution in [0.1, 0.15) is 44.2 Å². The van der Waals surface area contributed by atoms with Crippen LogP contribution in [0.4, 0.5) is 5.82 Å². The Morgan fingerprint density at radius 3 is 2.49 bits per heavy atom. The van der Waals surface area contributed by atoms with Crippen LogP contribution in [-0.4, -0.2) is 68.2 Å². The Bertz CT molecular complexity index is 1010. The molecule has 9 heteroatoms. The summed E-state index contributed by atoms with van der Waals surface area (Å²) in [5.74, 6) is 2.03. The lowest BCUT2D eigenvalue weighted by Crippen LogP contribution is -2.42. The largest absolute Gasteiger partial charge is 0.381 e. The molecule has 2 saturated heterocycles. The van der Waals surface area contributed by atoms with Crippen LogP contribution in [0.2, 0.25) is 10.0 Å². The topological polar surface area (TPSA) is 77.5 Å². The monoisotopic (exact) mass is 548 g/mol. The zero-order valence-corrected chi connectivity index (χ0v) is 22.9. The van der Waals surface area contributed by atoms with Crippen LogP contribution >= 0.6 is 23.2 Å². The molecule has 3 fully saturated rings. The average molecular weight is 550 g/mol. The summed E-state index contributed by atoms with van der Waals surface area (Å²) >= 11 is 13.2. The first-order valence-electron chi connectivity index (χ1n) is 13.7. The maximum absolute atomic E-state index is 6.59. The van der Waals surface area contributed by atoms with Crippen molar-refractivity contribution in [1.29, 1.82) is 0 Å². The summed E-state index contributed by atoms with van der Waals surface area (Å²) in [7, 11) is 0. The van der Waals surface area contributed by atoms with E-state index in [1.165, 1.54) is 25.7 Å². The maximum Gasteiger partial charge on any atom is 0.126 e. The summed E-state index contributed by atoms with van der Waals surface area (Å²) in [4.78, 5) is 9.48. The van der Waals surface area contributed by atoms with Crippen LogP contribution in [0.15, 0.2) is 24.4 Å². The quantitative estimate of drug-likeness (QED) is 0.434. The number of nitrogens with one attached hydrogen (secondary N) is 2. The fraction of sp³-hybridized carbons (Fsp3) is 0.643. The molecule has 0 amide bonds. The Morgan fingerprint density at radius 1 is 0.865 bits per heavy atom. The van der Waals surface area contributed by atoms with Gasteiger partial charge in [0.25, 0.3) is 0 Å². The van der Waals surface area contributed by atoms with E-state index in [9.17, 15) is 0 Å². The number of nitrogens with zero attached hydrogens (tertiary/aromatic N) is 2. The molecule has 7 nitrogen and oxygen atoms in total. The van der Waals surface area contributed by atoms with Gasteiger partial charge in [-0.3, -0.25) is 4.98 Å². The van der Waals surface area contributed by atoms with Crippen molar-refractivity contribution in [2.24, 2.45) is 11.8 Å². The number of aromatic nitrogens is 2. The van der Waals surface area contributed by atoms with Crippen LogP contribution < -0.4 is 10.6 Å². The van der Waals surface area contributed by atoms with Crippen molar-refractivity contribution in [2.75, 3.05) is 51.4 Å². The number of pyridine rings is 2. The minimum atomic E-state index is 0.180. The molecule has 1 saturated carbocycles. The number of anilines is 1.